The van der Waals surface area contributed by atoms with Crippen LogP contribution in [0.25, 0.3) is 17.2 Å². The molecule has 0 saturated heterocycles. The second-order valence-electron chi connectivity index (χ2n) is 6.25. The molecule has 142 valence electrons. The molecule has 7 nitrogen and oxygen atoms in total. The zero-order valence-corrected chi connectivity index (χ0v) is 16.2. The fraction of sp³-hybridized carbons (Fsp3) is 0.368. The van der Waals surface area contributed by atoms with E-state index < -0.39 is 0 Å². The standard InChI is InChI=1S/C19H22ClN5O2/c1-13-12-16(21-11-5-3-4-6-17(26)27-2)25-19(22-13)23-18(24-25)14-7-9-15(20)10-8-14/h7-10,12,21H,3-6,11H2,1-2H3. The second-order valence-corrected chi connectivity index (χ2v) is 6.69. The van der Waals surface area contributed by atoms with E-state index in [0.29, 0.717) is 23.0 Å². The molecule has 0 radical (unpaired) electrons. The number of nitrogens with zero attached hydrogens (tertiary/aromatic N) is 4. The van der Waals surface area contributed by atoms with Crippen molar-refractivity contribution < 1.29 is 9.53 Å². The van der Waals surface area contributed by atoms with Crippen LogP contribution in [-0.4, -0.2) is 39.2 Å². The number of benzene rings is 1. The van der Waals surface area contributed by atoms with Gasteiger partial charge in [-0.15, -0.1) is 5.10 Å². The Morgan fingerprint density at radius 2 is 1.96 bits per heavy atom. The second kappa shape index (κ2) is 8.81. The fourth-order valence-electron chi connectivity index (χ4n) is 2.72. The highest BCUT2D eigenvalue weighted by Crippen LogP contribution is 2.20. The average molecular weight is 388 g/mol. The van der Waals surface area contributed by atoms with Gasteiger partial charge >= 0.3 is 5.97 Å². The van der Waals surface area contributed by atoms with Crippen LogP contribution in [0, 0.1) is 6.92 Å². The van der Waals surface area contributed by atoms with Gasteiger partial charge < -0.3 is 10.1 Å². The maximum absolute atomic E-state index is 11.1. The van der Waals surface area contributed by atoms with Crippen molar-refractivity contribution >= 4 is 29.2 Å². The summed E-state index contributed by atoms with van der Waals surface area (Å²) in [6, 6.07) is 9.35. The van der Waals surface area contributed by atoms with Crippen molar-refractivity contribution in [3.05, 3.63) is 41.0 Å². The Hall–Kier alpha value is -2.67. The molecule has 8 heteroatoms. The van der Waals surface area contributed by atoms with Crippen molar-refractivity contribution in [2.45, 2.75) is 32.6 Å². The number of carbonyl (C=O) groups excluding carboxylic acids is 1. The van der Waals surface area contributed by atoms with E-state index in [1.54, 1.807) is 4.52 Å². The summed E-state index contributed by atoms with van der Waals surface area (Å²) >= 11 is 5.95. The summed E-state index contributed by atoms with van der Waals surface area (Å²) < 4.78 is 6.36. The van der Waals surface area contributed by atoms with E-state index in [2.05, 4.69) is 25.1 Å². The number of hydrogen-bond donors (Lipinski definition) is 1. The molecule has 0 atom stereocenters. The highest BCUT2D eigenvalue weighted by Gasteiger charge is 2.11. The molecule has 3 rings (SSSR count). The Morgan fingerprint density at radius 3 is 2.70 bits per heavy atom. The number of rotatable bonds is 8. The Morgan fingerprint density at radius 1 is 1.19 bits per heavy atom. The van der Waals surface area contributed by atoms with Crippen LogP contribution in [0.2, 0.25) is 5.02 Å². The van der Waals surface area contributed by atoms with Gasteiger partial charge in [-0.2, -0.15) is 9.50 Å². The minimum absolute atomic E-state index is 0.160. The lowest BCUT2D eigenvalue weighted by Gasteiger charge is -2.08. The molecule has 0 fully saturated rings. The van der Waals surface area contributed by atoms with Crippen molar-refractivity contribution in [2.75, 3.05) is 19.0 Å². The minimum atomic E-state index is -0.160. The quantitative estimate of drug-likeness (QED) is 0.466. The Labute approximate surface area is 162 Å². The van der Waals surface area contributed by atoms with E-state index in [-0.39, 0.29) is 5.97 Å². The van der Waals surface area contributed by atoms with Crippen LogP contribution in [0.15, 0.2) is 30.3 Å². The van der Waals surface area contributed by atoms with Gasteiger partial charge in [0.15, 0.2) is 5.82 Å². The molecular weight excluding hydrogens is 366 g/mol. The van der Waals surface area contributed by atoms with Gasteiger partial charge in [-0.05, 0) is 44.0 Å². The molecule has 0 saturated carbocycles. The van der Waals surface area contributed by atoms with Crippen LogP contribution in [0.1, 0.15) is 31.4 Å². The molecule has 2 heterocycles. The summed E-state index contributed by atoms with van der Waals surface area (Å²) in [5.41, 5.74) is 1.75. The number of methoxy groups -OCH3 is 1. The van der Waals surface area contributed by atoms with Crippen molar-refractivity contribution in [1.82, 2.24) is 19.6 Å². The Kier molecular flexibility index (Phi) is 6.24. The summed E-state index contributed by atoms with van der Waals surface area (Å²) in [7, 11) is 1.41. The van der Waals surface area contributed by atoms with Gasteiger partial charge in [-0.25, -0.2) is 4.98 Å². The zero-order chi connectivity index (χ0) is 19.2. The lowest BCUT2D eigenvalue weighted by atomic mass is 10.2. The third-order valence-corrected chi connectivity index (χ3v) is 4.39. The van der Waals surface area contributed by atoms with Gasteiger partial charge in [0.05, 0.1) is 7.11 Å². The molecule has 2 aromatic heterocycles. The predicted octanol–water partition coefficient (Wildman–Crippen LogP) is 3.90. The van der Waals surface area contributed by atoms with E-state index in [9.17, 15) is 4.79 Å². The van der Waals surface area contributed by atoms with Gasteiger partial charge in [0.2, 0.25) is 0 Å². The number of aromatic nitrogens is 4. The first kappa shape index (κ1) is 19.1. The van der Waals surface area contributed by atoms with Crippen molar-refractivity contribution in [1.29, 1.82) is 0 Å². The number of halogens is 1. The molecule has 0 bridgehead atoms. The summed E-state index contributed by atoms with van der Waals surface area (Å²) in [4.78, 5) is 20.1. The number of aryl methyl sites for hydroxylation is 1. The van der Waals surface area contributed by atoms with E-state index in [0.717, 1.165) is 42.9 Å². The lowest BCUT2D eigenvalue weighted by Crippen LogP contribution is -2.08. The Bertz CT molecular complexity index is 924. The van der Waals surface area contributed by atoms with Crippen LogP contribution in [0.4, 0.5) is 5.82 Å². The molecule has 27 heavy (non-hydrogen) atoms. The van der Waals surface area contributed by atoms with Crippen LogP contribution in [0.5, 0.6) is 0 Å². The maximum atomic E-state index is 11.1. The molecule has 0 unspecified atom stereocenters. The maximum Gasteiger partial charge on any atom is 0.305 e. The molecule has 1 N–H and O–H groups in total. The molecule has 0 aliphatic heterocycles. The number of esters is 1. The molecule has 1 aromatic carbocycles. The first-order chi connectivity index (χ1) is 13.1. The monoisotopic (exact) mass is 387 g/mol. The number of hydrogen-bond acceptors (Lipinski definition) is 6. The summed E-state index contributed by atoms with van der Waals surface area (Å²) in [5, 5.41) is 8.64. The predicted molar refractivity (Wildman–Crippen MR) is 105 cm³/mol. The molecule has 0 aliphatic rings. The van der Waals surface area contributed by atoms with Gasteiger partial charge in [0, 0.05) is 35.3 Å². The summed E-state index contributed by atoms with van der Waals surface area (Å²) in [5.74, 6) is 1.84. The number of anilines is 1. The number of unbranched alkanes of at least 4 members (excludes halogenated alkanes) is 2. The highest BCUT2D eigenvalue weighted by molar-refractivity contribution is 6.30. The number of nitrogens with one attached hydrogen (secondary N) is 1. The van der Waals surface area contributed by atoms with Gasteiger partial charge in [-0.1, -0.05) is 18.0 Å². The summed E-state index contributed by atoms with van der Waals surface area (Å²) in [6.07, 6.45) is 3.17. The van der Waals surface area contributed by atoms with Crippen LogP contribution < -0.4 is 5.32 Å². The van der Waals surface area contributed by atoms with E-state index >= 15 is 0 Å². The van der Waals surface area contributed by atoms with E-state index in [1.165, 1.54) is 7.11 Å². The Balaban J connectivity index is 1.68. The van der Waals surface area contributed by atoms with Crippen molar-refractivity contribution in [3.8, 4) is 11.4 Å². The lowest BCUT2D eigenvalue weighted by molar-refractivity contribution is -0.140. The molecule has 3 aromatic rings. The molecule has 0 spiro atoms. The normalized spacial score (nSPS) is 10.9. The summed E-state index contributed by atoms with van der Waals surface area (Å²) in [6.45, 7) is 2.70. The number of fused-ring (bicyclic) bond motifs is 1. The third kappa shape index (κ3) is 4.95. The van der Waals surface area contributed by atoms with Crippen molar-refractivity contribution in [2.24, 2.45) is 0 Å². The van der Waals surface area contributed by atoms with Crippen molar-refractivity contribution in [3.63, 3.8) is 0 Å². The average Bonchev–Trinajstić information content (AvgIpc) is 3.08. The van der Waals surface area contributed by atoms with Gasteiger partial charge in [0.25, 0.3) is 5.78 Å². The largest absolute Gasteiger partial charge is 0.469 e. The SMILES string of the molecule is COC(=O)CCCCCNc1cc(C)nc2nc(-c3ccc(Cl)cc3)nn12. The molecule has 0 aliphatic carbocycles. The van der Waals surface area contributed by atoms with E-state index in [4.69, 9.17) is 11.6 Å². The van der Waals surface area contributed by atoms with E-state index in [1.807, 2.05) is 37.3 Å². The van der Waals surface area contributed by atoms with Gasteiger partial charge in [-0.3, -0.25) is 4.79 Å². The number of carbonyl (C=O) groups is 1. The highest BCUT2D eigenvalue weighted by atomic mass is 35.5. The first-order valence-electron chi connectivity index (χ1n) is 8.88. The first-order valence-corrected chi connectivity index (χ1v) is 9.25. The topological polar surface area (TPSA) is 81.4 Å². The molecular formula is C19H22ClN5O2. The number of ether oxygens (including phenoxy) is 1. The third-order valence-electron chi connectivity index (χ3n) is 4.13. The van der Waals surface area contributed by atoms with Crippen LogP contribution >= 0.6 is 11.6 Å². The fourth-order valence-corrected chi connectivity index (χ4v) is 2.85. The van der Waals surface area contributed by atoms with Crippen LogP contribution in [0.3, 0.4) is 0 Å². The minimum Gasteiger partial charge on any atom is -0.469 e. The van der Waals surface area contributed by atoms with Gasteiger partial charge in [0.1, 0.15) is 5.82 Å². The molecule has 0 amide bonds. The zero-order valence-electron chi connectivity index (χ0n) is 15.4. The van der Waals surface area contributed by atoms with Crippen LogP contribution in [-0.2, 0) is 9.53 Å². The smallest absolute Gasteiger partial charge is 0.305 e.